The molecule has 71 heavy (non-hydrogen) atoms. The summed E-state index contributed by atoms with van der Waals surface area (Å²) >= 11 is 0. The monoisotopic (exact) mass is 999 g/mol. The molecule has 0 radical (unpaired) electrons. The van der Waals surface area contributed by atoms with Crippen LogP contribution in [0.3, 0.4) is 0 Å². The third kappa shape index (κ3) is 17.1. The highest BCUT2D eigenvalue weighted by Gasteiger charge is 2.53. The van der Waals surface area contributed by atoms with Gasteiger partial charge in [0.1, 0.15) is 30.1 Å². The Labute approximate surface area is 425 Å². The predicted molar refractivity (Wildman–Crippen MR) is 272 cm³/mol. The normalized spacial score (nSPS) is 38.1. The number of carbonyl (C=O) groups is 5. The zero-order valence-electron chi connectivity index (χ0n) is 45.1. The Bertz CT molecular complexity index is 1880. The van der Waals surface area contributed by atoms with Crippen molar-refractivity contribution >= 4 is 29.2 Å². The van der Waals surface area contributed by atoms with Crippen LogP contribution < -0.4 is 0 Å². The van der Waals surface area contributed by atoms with Crippen LogP contribution in [0.25, 0.3) is 0 Å². The van der Waals surface area contributed by atoms with Gasteiger partial charge >= 0.3 is 5.97 Å². The van der Waals surface area contributed by atoms with E-state index in [2.05, 4.69) is 4.90 Å². The molecule has 2 bridgehead atoms. The van der Waals surface area contributed by atoms with E-state index in [1.54, 1.807) is 41.1 Å². The molecule has 1 saturated carbocycles. The molecule has 0 unspecified atom stereocenters. The number of methoxy groups -OCH3 is 3. The van der Waals surface area contributed by atoms with E-state index in [4.69, 9.17) is 28.4 Å². The maximum absolute atomic E-state index is 14.5. The van der Waals surface area contributed by atoms with Gasteiger partial charge < -0.3 is 48.4 Å². The summed E-state index contributed by atoms with van der Waals surface area (Å²) in [6, 6.07) is -1.13. The standard InChI is InChI=1S/C56H90N2O13/c1-35-19-14-13-15-20-36(2)47(66-10)33-43-24-22-41(7)56(65,71-43)53(62)54(63)58-27-17-16-21-44(58)55(64)70-48(34-45(59)37(3)30-40(6)51(61)52(68-12)50(60)39(5)29-35)38(4)31-42-23-25-46(49(32-42)67-11)69-28-18-26-57(8)9/h13-15,19-20,30,35,37-39,41-44,46-49,51-52,61,65H,16-18,21-29,31-34H2,1-12H3/b15-13+,19-14+,36-20+,40-30+/t35-,37-,38-,39-,41-,42+,43+,44+,46-,47+,48+,49-,51-,52+,56-/m1/s1. The molecule has 0 spiro atoms. The molecule has 3 aliphatic heterocycles. The third-order valence-electron chi connectivity index (χ3n) is 15.5. The number of amides is 1. The van der Waals surface area contributed by atoms with Gasteiger partial charge in [-0.1, -0.05) is 71.1 Å². The minimum absolute atomic E-state index is 0.0215. The molecule has 4 aliphatic rings. The Balaban J connectivity index is 1.67. The molecular formula is C56H90N2O13. The van der Waals surface area contributed by atoms with Crippen LogP contribution in [0.5, 0.6) is 0 Å². The van der Waals surface area contributed by atoms with Crippen molar-refractivity contribution in [2.45, 2.75) is 186 Å². The van der Waals surface area contributed by atoms with E-state index in [1.165, 1.54) is 12.0 Å². The quantitative estimate of drug-likeness (QED) is 0.0919. The van der Waals surface area contributed by atoms with Gasteiger partial charge in [0.05, 0.1) is 24.4 Å². The molecule has 15 atom stereocenters. The van der Waals surface area contributed by atoms with Crippen molar-refractivity contribution in [1.29, 1.82) is 0 Å². The van der Waals surface area contributed by atoms with Crippen LogP contribution >= 0.6 is 0 Å². The lowest BCUT2D eigenvalue weighted by molar-refractivity contribution is -0.265. The second-order valence-electron chi connectivity index (χ2n) is 21.6. The number of piperidine rings is 1. The maximum atomic E-state index is 14.5. The largest absolute Gasteiger partial charge is 0.460 e. The lowest BCUT2D eigenvalue weighted by Crippen LogP contribution is -2.61. The van der Waals surface area contributed by atoms with Crippen LogP contribution in [0.2, 0.25) is 0 Å². The molecule has 402 valence electrons. The number of rotatable bonds is 11. The molecule has 2 N–H and O–H groups in total. The number of hydrogen-bond acceptors (Lipinski definition) is 14. The van der Waals surface area contributed by atoms with Crippen LogP contribution in [0, 0.1) is 35.5 Å². The van der Waals surface area contributed by atoms with Gasteiger partial charge in [-0.05, 0) is 134 Å². The summed E-state index contributed by atoms with van der Waals surface area (Å²) in [5.74, 6) is -7.76. The molecule has 1 amide bonds. The third-order valence-corrected chi connectivity index (χ3v) is 15.5. The summed E-state index contributed by atoms with van der Waals surface area (Å²) in [4.78, 5) is 74.6. The van der Waals surface area contributed by atoms with E-state index in [0.29, 0.717) is 57.1 Å². The number of allylic oxidation sites excluding steroid dienone is 6. The number of Topliss-reactive ketones (excluding diaryl/α,β-unsaturated/α-hetero) is 3. The number of ether oxygens (including phenoxy) is 6. The zero-order chi connectivity index (χ0) is 52.6. The van der Waals surface area contributed by atoms with Crippen molar-refractivity contribution in [2.24, 2.45) is 35.5 Å². The number of aliphatic hydroxyl groups excluding tert-OH is 1. The second-order valence-corrected chi connectivity index (χ2v) is 21.6. The topological polar surface area (TPSA) is 188 Å². The van der Waals surface area contributed by atoms with Crippen molar-refractivity contribution in [3.63, 3.8) is 0 Å². The van der Waals surface area contributed by atoms with Crippen molar-refractivity contribution in [3.8, 4) is 0 Å². The van der Waals surface area contributed by atoms with E-state index in [1.807, 2.05) is 72.2 Å². The minimum Gasteiger partial charge on any atom is -0.460 e. The van der Waals surface area contributed by atoms with E-state index < -0.39 is 77.8 Å². The molecule has 4 rings (SSSR count). The van der Waals surface area contributed by atoms with Gasteiger partial charge in [0.2, 0.25) is 5.79 Å². The molecule has 0 aromatic carbocycles. The molecule has 15 nitrogen and oxygen atoms in total. The second kappa shape index (κ2) is 28.9. The fourth-order valence-electron chi connectivity index (χ4n) is 10.9. The van der Waals surface area contributed by atoms with Gasteiger partial charge in [0.25, 0.3) is 11.7 Å². The molecule has 15 heteroatoms. The number of esters is 1. The Morgan fingerprint density at radius 1 is 0.859 bits per heavy atom. The number of cyclic esters (lactones) is 1. The van der Waals surface area contributed by atoms with Crippen molar-refractivity contribution < 1.29 is 62.6 Å². The van der Waals surface area contributed by atoms with E-state index in [-0.39, 0.29) is 60.9 Å². The Morgan fingerprint density at radius 2 is 1.59 bits per heavy atom. The van der Waals surface area contributed by atoms with E-state index >= 15 is 0 Å². The summed E-state index contributed by atoms with van der Waals surface area (Å²) in [6.07, 6.45) is 13.6. The highest BCUT2D eigenvalue weighted by Crippen LogP contribution is 2.38. The van der Waals surface area contributed by atoms with E-state index in [0.717, 1.165) is 37.8 Å². The van der Waals surface area contributed by atoms with Gasteiger partial charge in [-0.15, -0.1) is 0 Å². The van der Waals surface area contributed by atoms with Crippen LogP contribution in [0.4, 0.5) is 0 Å². The van der Waals surface area contributed by atoms with Crippen molar-refractivity contribution in [1.82, 2.24) is 9.80 Å². The summed E-state index contributed by atoms with van der Waals surface area (Å²) in [7, 11) is 8.74. The summed E-state index contributed by atoms with van der Waals surface area (Å²) in [5.41, 5.74) is 1.29. The molecule has 2 saturated heterocycles. The summed E-state index contributed by atoms with van der Waals surface area (Å²) in [6.45, 7) is 14.4. The van der Waals surface area contributed by atoms with Gasteiger partial charge in [-0.3, -0.25) is 19.2 Å². The minimum atomic E-state index is -2.43. The highest BCUT2D eigenvalue weighted by atomic mass is 16.6. The highest BCUT2D eigenvalue weighted by molar-refractivity contribution is 6.39. The molecule has 0 aromatic rings. The maximum Gasteiger partial charge on any atom is 0.329 e. The first-order valence-corrected chi connectivity index (χ1v) is 26.4. The Hall–Kier alpha value is -3.41. The SMILES string of the molecule is CO[C@H]1C[C@@H]2CC[C@@H](C)[C@@](O)(O2)C(=O)C(=O)N2CCCC[C@H]2C(=O)O[C@H]([C@H](C)C[C@@H]2CC[C@@H](OCCCN(C)C)[C@H](OC)C2)CC(=O)[C@H](C)/C=C(\C)[C@@H](O)[C@@H](OC)C(=O)[C@H](C)C[C@H](C)/C=C/C=C/C=C/1C. The first-order chi connectivity index (χ1) is 33.6. The van der Waals surface area contributed by atoms with Crippen LogP contribution in [0.15, 0.2) is 47.6 Å². The average molecular weight is 999 g/mol. The van der Waals surface area contributed by atoms with Crippen LogP contribution in [-0.4, -0.2) is 159 Å². The lowest BCUT2D eigenvalue weighted by Gasteiger charge is -2.42. The number of carbonyl (C=O) groups excluding carboxylic acids is 5. The molecule has 0 aromatic heterocycles. The summed E-state index contributed by atoms with van der Waals surface area (Å²) < 4.78 is 36.3. The van der Waals surface area contributed by atoms with Crippen LogP contribution in [0.1, 0.15) is 132 Å². The molecular weight excluding hydrogens is 909 g/mol. The molecule has 1 aliphatic carbocycles. The first-order valence-electron chi connectivity index (χ1n) is 26.4. The number of hydrogen-bond donors (Lipinski definition) is 2. The van der Waals surface area contributed by atoms with Gasteiger partial charge in [0.15, 0.2) is 5.78 Å². The number of fused-ring (bicyclic) bond motifs is 3. The lowest BCUT2D eigenvalue weighted by atomic mass is 9.78. The number of nitrogens with zero attached hydrogens (tertiary/aromatic N) is 2. The summed E-state index contributed by atoms with van der Waals surface area (Å²) in [5, 5.41) is 23.5. The number of ketones is 3. The first kappa shape index (κ1) is 60.1. The zero-order valence-corrected chi connectivity index (χ0v) is 45.1. The predicted octanol–water partition coefficient (Wildman–Crippen LogP) is 7.16. The Morgan fingerprint density at radius 3 is 2.27 bits per heavy atom. The van der Waals surface area contributed by atoms with Gasteiger partial charge in [-0.2, -0.15) is 0 Å². The molecule has 3 fully saturated rings. The average Bonchev–Trinajstić information content (AvgIpc) is 3.34. The van der Waals surface area contributed by atoms with Crippen LogP contribution in [-0.2, 0) is 52.4 Å². The van der Waals surface area contributed by atoms with Gasteiger partial charge in [0, 0.05) is 65.1 Å². The van der Waals surface area contributed by atoms with Crippen molar-refractivity contribution in [3.05, 3.63) is 47.6 Å². The smallest absolute Gasteiger partial charge is 0.329 e. The van der Waals surface area contributed by atoms with E-state index in [9.17, 15) is 34.2 Å². The number of aliphatic hydroxyl groups is 2. The van der Waals surface area contributed by atoms with Crippen molar-refractivity contribution in [2.75, 3.05) is 55.1 Å². The Kier molecular flexibility index (Phi) is 24.5. The van der Waals surface area contributed by atoms with Gasteiger partial charge in [-0.25, -0.2) is 4.79 Å². The fourth-order valence-corrected chi connectivity index (χ4v) is 10.9. The fraction of sp³-hybridized carbons (Fsp3) is 0.768. The molecule has 3 heterocycles.